The van der Waals surface area contributed by atoms with Gasteiger partial charge in [0.15, 0.2) is 0 Å². The largest absolute Gasteiger partial charge is 0.396 e. The number of hydrogen-bond donors (Lipinski definition) is 4. The molecule has 0 saturated heterocycles. The van der Waals surface area contributed by atoms with Crippen LogP contribution >= 0.6 is 0 Å². The van der Waals surface area contributed by atoms with E-state index in [0.29, 0.717) is 12.8 Å². The van der Waals surface area contributed by atoms with Crippen LogP contribution in [-0.4, -0.2) is 35.0 Å². The quantitative estimate of drug-likeness (QED) is 0.649. The Labute approximate surface area is 131 Å². The number of aliphatic hydroxyl groups is 2. The van der Waals surface area contributed by atoms with E-state index in [1.54, 1.807) is 0 Å². The predicted octanol–water partition coefficient (Wildman–Crippen LogP) is 2.10. The smallest absolute Gasteiger partial charge is 0.315 e. The van der Waals surface area contributed by atoms with E-state index in [0.717, 1.165) is 31.2 Å². The third-order valence-corrected chi connectivity index (χ3v) is 4.19. The lowest BCUT2D eigenvalue weighted by Gasteiger charge is -2.27. The summed E-state index contributed by atoms with van der Waals surface area (Å²) in [5.74, 6) is 0. The molecule has 1 saturated carbocycles. The first-order valence-electron chi connectivity index (χ1n) is 8.10. The summed E-state index contributed by atoms with van der Waals surface area (Å²) in [4.78, 5) is 12.2. The maximum Gasteiger partial charge on any atom is 0.315 e. The molecule has 1 aliphatic rings. The van der Waals surface area contributed by atoms with Crippen LogP contribution in [0.15, 0.2) is 30.3 Å². The first kappa shape index (κ1) is 16.8. The molecule has 5 nitrogen and oxygen atoms in total. The lowest BCUT2D eigenvalue weighted by Crippen LogP contribution is -2.45. The van der Waals surface area contributed by atoms with Gasteiger partial charge in [-0.05, 0) is 44.1 Å². The van der Waals surface area contributed by atoms with Crippen molar-refractivity contribution in [3.05, 3.63) is 35.9 Å². The third-order valence-electron chi connectivity index (χ3n) is 4.19. The van der Waals surface area contributed by atoms with Gasteiger partial charge in [-0.2, -0.15) is 0 Å². The van der Waals surface area contributed by atoms with Gasteiger partial charge >= 0.3 is 6.03 Å². The second kappa shape index (κ2) is 8.76. The fourth-order valence-corrected chi connectivity index (χ4v) is 2.91. The second-order valence-electron chi connectivity index (χ2n) is 5.95. The number of amides is 2. The van der Waals surface area contributed by atoms with E-state index >= 15 is 0 Å². The Bertz CT molecular complexity index is 444. The van der Waals surface area contributed by atoms with Crippen molar-refractivity contribution in [1.82, 2.24) is 10.6 Å². The van der Waals surface area contributed by atoms with Gasteiger partial charge in [0.05, 0.1) is 12.1 Å². The summed E-state index contributed by atoms with van der Waals surface area (Å²) < 4.78 is 0. The van der Waals surface area contributed by atoms with E-state index < -0.39 is 0 Å². The SMILES string of the molecule is O=C(NC1CCC(O)CC1)NC(CCCO)c1ccccc1. The third kappa shape index (κ3) is 5.31. The van der Waals surface area contributed by atoms with E-state index in [1.165, 1.54) is 0 Å². The lowest BCUT2D eigenvalue weighted by molar-refractivity contribution is 0.117. The number of aliphatic hydroxyl groups excluding tert-OH is 2. The Kier molecular flexibility index (Phi) is 6.68. The highest BCUT2D eigenvalue weighted by molar-refractivity contribution is 5.74. The Hall–Kier alpha value is -1.59. The van der Waals surface area contributed by atoms with Crippen molar-refractivity contribution in [2.75, 3.05) is 6.61 Å². The molecular weight excluding hydrogens is 280 g/mol. The van der Waals surface area contributed by atoms with Crippen LogP contribution in [0, 0.1) is 0 Å². The molecule has 2 rings (SSSR count). The molecule has 4 N–H and O–H groups in total. The molecule has 0 heterocycles. The van der Waals surface area contributed by atoms with Gasteiger partial charge < -0.3 is 20.8 Å². The van der Waals surface area contributed by atoms with Crippen LogP contribution in [-0.2, 0) is 0 Å². The van der Waals surface area contributed by atoms with E-state index in [2.05, 4.69) is 10.6 Å². The zero-order chi connectivity index (χ0) is 15.8. The van der Waals surface area contributed by atoms with Crippen LogP contribution < -0.4 is 10.6 Å². The first-order chi connectivity index (χ1) is 10.7. The van der Waals surface area contributed by atoms with Crippen LogP contribution in [0.5, 0.6) is 0 Å². The van der Waals surface area contributed by atoms with Crippen molar-refractivity contribution in [2.45, 2.75) is 56.7 Å². The molecule has 1 fully saturated rings. The van der Waals surface area contributed by atoms with Crippen molar-refractivity contribution < 1.29 is 15.0 Å². The van der Waals surface area contributed by atoms with Crippen molar-refractivity contribution >= 4 is 6.03 Å². The standard InChI is InChI=1S/C17H26N2O3/c20-12-4-7-16(13-5-2-1-3-6-13)19-17(22)18-14-8-10-15(21)11-9-14/h1-3,5-6,14-16,20-21H,4,7-12H2,(H2,18,19,22). The monoisotopic (exact) mass is 306 g/mol. The van der Waals surface area contributed by atoms with Gasteiger partial charge in [0.1, 0.15) is 0 Å². The Morgan fingerprint density at radius 2 is 1.86 bits per heavy atom. The summed E-state index contributed by atoms with van der Waals surface area (Å²) >= 11 is 0. The molecule has 22 heavy (non-hydrogen) atoms. The summed E-state index contributed by atoms with van der Waals surface area (Å²) in [6, 6.07) is 9.68. The van der Waals surface area contributed by atoms with Crippen LogP contribution in [0.3, 0.4) is 0 Å². The van der Waals surface area contributed by atoms with Gasteiger partial charge in [-0.3, -0.25) is 0 Å². The van der Waals surface area contributed by atoms with Crippen LogP contribution in [0.1, 0.15) is 50.1 Å². The number of hydrogen-bond acceptors (Lipinski definition) is 3. The van der Waals surface area contributed by atoms with Crippen molar-refractivity contribution in [1.29, 1.82) is 0 Å². The molecule has 1 aliphatic carbocycles. The molecule has 0 radical (unpaired) electrons. The summed E-state index contributed by atoms with van der Waals surface area (Å²) in [5.41, 5.74) is 1.05. The number of urea groups is 1. The van der Waals surface area contributed by atoms with Gasteiger partial charge in [0.2, 0.25) is 0 Å². The minimum Gasteiger partial charge on any atom is -0.396 e. The van der Waals surface area contributed by atoms with Crippen molar-refractivity contribution in [2.24, 2.45) is 0 Å². The van der Waals surface area contributed by atoms with Crippen molar-refractivity contribution in [3.63, 3.8) is 0 Å². The van der Waals surface area contributed by atoms with Gasteiger partial charge in [-0.25, -0.2) is 4.79 Å². The molecule has 0 bridgehead atoms. The fourth-order valence-electron chi connectivity index (χ4n) is 2.91. The predicted molar refractivity (Wildman–Crippen MR) is 85.4 cm³/mol. The number of carbonyl (C=O) groups excluding carboxylic acids is 1. The molecule has 2 amide bonds. The molecule has 1 aromatic carbocycles. The minimum atomic E-state index is -0.220. The van der Waals surface area contributed by atoms with Gasteiger partial charge in [0, 0.05) is 12.6 Å². The summed E-state index contributed by atoms with van der Waals surface area (Å²) in [5, 5.41) is 24.5. The Morgan fingerprint density at radius 1 is 1.18 bits per heavy atom. The fraction of sp³-hybridized carbons (Fsp3) is 0.588. The molecular formula is C17H26N2O3. The number of rotatable bonds is 6. The van der Waals surface area contributed by atoms with Crippen LogP contribution in [0.25, 0.3) is 0 Å². The minimum absolute atomic E-state index is 0.0949. The van der Waals surface area contributed by atoms with E-state index in [9.17, 15) is 9.90 Å². The highest BCUT2D eigenvalue weighted by Gasteiger charge is 2.22. The molecule has 122 valence electrons. The normalized spacial score (nSPS) is 22.8. The lowest BCUT2D eigenvalue weighted by atomic mass is 9.93. The van der Waals surface area contributed by atoms with Gasteiger partial charge in [-0.1, -0.05) is 30.3 Å². The van der Waals surface area contributed by atoms with E-state index in [1.807, 2.05) is 30.3 Å². The molecule has 1 atom stereocenters. The first-order valence-corrected chi connectivity index (χ1v) is 8.10. The summed E-state index contributed by atoms with van der Waals surface area (Å²) in [7, 11) is 0. The molecule has 1 unspecified atom stereocenters. The summed E-state index contributed by atoms with van der Waals surface area (Å²) in [6.45, 7) is 0.118. The molecule has 0 aromatic heterocycles. The second-order valence-corrected chi connectivity index (χ2v) is 5.95. The van der Waals surface area contributed by atoms with Crippen LogP contribution in [0.2, 0.25) is 0 Å². The number of benzene rings is 1. The average molecular weight is 306 g/mol. The Morgan fingerprint density at radius 3 is 2.50 bits per heavy atom. The molecule has 0 aliphatic heterocycles. The maximum absolute atomic E-state index is 12.2. The number of carbonyl (C=O) groups is 1. The topological polar surface area (TPSA) is 81.6 Å². The zero-order valence-corrected chi connectivity index (χ0v) is 12.9. The highest BCUT2D eigenvalue weighted by Crippen LogP contribution is 2.20. The van der Waals surface area contributed by atoms with E-state index in [4.69, 9.17) is 5.11 Å². The highest BCUT2D eigenvalue weighted by atomic mass is 16.3. The number of nitrogens with one attached hydrogen (secondary N) is 2. The van der Waals surface area contributed by atoms with Gasteiger partial charge in [-0.15, -0.1) is 0 Å². The van der Waals surface area contributed by atoms with E-state index in [-0.39, 0.29) is 30.8 Å². The van der Waals surface area contributed by atoms with Crippen molar-refractivity contribution in [3.8, 4) is 0 Å². The summed E-state index contributed by atoms with van der Waals surface area (Å²) in [6.07, 6.45) is 4.27. The molecule has 0 spiro atoms. The maximum atomic E-state index is 12.2. The molecule has 1 aromatic rings. The average Bonchev–Trinajstić information content (AvgIpc) is 2.54. The Balaban J connectivity index is 1.87. The molecule has 5 heteroatoms. The van der Waals surface area contributed by atoms with Crippen LogP contribution in [0.4, 0.5) is 4.79 Å². The van der Waals surface area contributed by atoms with Gasteiger partial charge in [0.25, 0.3) is 0 Å². The zero-order valence-electron chi connectivity index (χ0n) is 12.9.